The van der Waals surface area contributed by atoms with Crippen LogP contribution in [0.5, 0.6) is 0 Å². The third-order valence-electron chi connectivity index (χ3n) is 0.820. The molecule has 0 aromatic heterocycles. The summed E-state index contributed by atoms with van der Waals surface area (Å²) in [5.74, 6) is 0. The Balaban J connectivity index is 3.20. The Hall–Kier alpha value is -0.655. The summed E-state index contributed by atoms with van der Waals surface area (Å²) in [6, 6.07) is 1.65. The van der Waals surface area contributed by atoms with E-state index in [2.05, 4.69) is 0 Å². The standard InChI is InChI=1S/C4H6BF3N/c6-5(7,8)3-1-2-4-9/h1-3H2/q-1. The van der Waals surface area contributed by atoms with Gasteiger partial charge in [0.2, 0.25) is 0 Å². The lowest BCUT2D eigenvalue weighted by Gasteiger charge is -2.10. The fourth-order valence-electron chi connectivity index (χ4n) is 0.413. The maximum atomic E-state index is 11.3. The molecule has 0 aromatic rings. The van der Waals surface area contributed by atoms with Crippen molar-refractivity contribution in [2.45, 2.75) is 19.2 Å². The Bertz CT molecular complexity index is 114. The summed E-state index contributed by atoms with van der Waals surface area (Å²) in [6.45, 7) is -4.66. The minimum Gasteiger partial charge on any atom is -0.449 e. The average molecular weight is 136 g/mol. The zero-order chi connectivity index (χ0) is 7.33. The van der Waals surface area contributed by atoms with Crippen molar-refractivity contribution in [1.29, 1.82) is 5.26 Å². The Morgan fingerprint density at radius 2 is 1.89 bits per heavy atom. The first-order valence-electron chi connectivity index (χ1n) is 2.64. The number of halogens is 3. The first-order valence-corrected chi connectivity index (χ1v) is 2.64. The number of nitriles is 1. The number of unbranched alkanes of at least 4 members (excludes halogenated alkanes) is 1. The highest BCUT2D eigenvalue weighted by atomic mass is 19.4. The third-order valence-corrected chi connectivity index (χ3v) is 0.820. The lowest BCUT2D eigenvalue weighted by Crippen LogP contribution is -2.13. The van der Waals surface area contributed by atoms with E-state index in [9.17, 15) is 12.9 Å². The van der Waals surface area contributed by atoms with Gasteiger partial charge in [-0.2, -0.15) is 5.26 Å². The molecular weight excluding hydrogens is 130 g/mol. The summed E-state index contributed by atoms with van der Waals surface area (Å²) < 4.78 is 34.0. The fraction of sp³-hybridized carbons (Fsp3) is 0.750. The normalized spacial score (nSPS) is 10.9. The van der Waals surface area contributed by atoms with Crippen LogP contribution < -0.4 is 0 Å². The second-order valence-electron chi connectivity index (χ2n) is 1.76. The van der Waals surface area contributed by atoms with Gasteiger partial charge in [0.25, 0.3) is 0 Å². The molecule has 0 aliphatic rings. The van der Waals surface area contributed by atoms with Gasteiger partial charge in [-0.25, -0.2) is 0 Å². The van der Waals surface area contributed by atoms with E-state index in [0.717, 1.165) is 0 Å². The molecule has 0 aliphatic carbocycles. The molecule has 0 fully saturated rings. The average Bonchev–Trinajstić information content (AvgIpc) is 1.63. The van der Waals surface area contributed by atoms with Gasteiger partial charge >= 0.3 is 6.98 Å². The Labute approximate surface area is 51.5 Å². The van der Waals surface area contributed by atoms with E-state index in [1.54, 1.807) is 6.07 Å². The van der Waals surface area contributed by atoms with Gasteiger partial charge in [0.1, 0.15) is 0 Å². The molecule has 52 valence electrons. The Kier molecular flexibility index (Phi) is 3.14. The molecular formula is C4H6BF3N-. The monoisotopic (exact) mass is 136 g/mol. The molecule has 9 heavy (non-hydrogen) atoms. The molecule has 0 bridgehead atoms. The quantitative estimate of drug-likeness (QED) is 0.430. The van der Waals surface area contributed by atoms with E-state index in [-0.39, 0.29) is 12.8 Å². The summed E-state index contributed by atoms with van der Waals surface area (Å²) in [5.41, 5.74) is 0. The summed E-state index contributed by atoms with van der Waals surface area (Å²) >= 11 is 0. The van der Waals surface area contributed by atoms with Crippen LogP contribution in [-0.2, 0) is 0 Å². The first kappa shape index (κ1) is 8.34. The van der Waals surface area contributed by atoms with Crippen LogP contribution in [-0.4, -0.2) is 6.98 Å². The molecule has 0 amide bonds. The van der Waals surface area contributed by atoms with E-state index in [0.29, 0.717) is 0 Å². The van der Waals surface area contributed by atoms with E-state index >= 15 is 0 Å². The van der Waals surface area contributed by atoms with Crippen molar-refractivity contribution in [3.63, 3.8) is 0 Å². The summed E-state index contributed by atoms with van der Waals surface area (Å²) in [7, 11) is 0. The van der Waals surface area contributed by atoms with Gasteiger partial charge in [0, 0.05) is 6.42 Å². The van der Waals surface area contributed by atoms with Gasteiger partial charge in [-0.15, -0.1) is 0 Å². The van der Waals surface area contributed by atoms with Crippen molar-refractivity contribution < 1.29 is 12.9 Å². The van der Waals surface area contributed by atoms with Gasteiger partial charge in [0.05, 0.1) is 6.07 Å². The number of rotatable bonds is 3. The first-order chi connectivity index (χ1) is 4.06. The molecule has 0 aliphatic heterocycles. The number of hydrogen-bond acceptors (Lipinski definition) is 1. The van der Waals surface area contributed by atoms with Gasteiger partial charge in [0.15, 0.2) is 0 Å². The fourth-order valence-corrected chi connectivity index (χ4v) is 0.413. The second kappa shape index (κ2) is 3.39. The second-order valence-corrected chi connectivity index (χ2v) is 1.76. The number of nitrogens with zero attached hydrogens (tertiary/aromatic N) is 1. The highest BCUT2D eigenvalue weighted by Gasteiger charge is 2.21. The van der Waals surface area contributed by atoms with Gasteiger partial charge < -0.3 is 12.9 Å². The van der Waals surface area contributed by atoms with Crippen molar-refractivity contribution in [3.8, 4) is 6.07 Å². The van der Waals surface area contributed by atoms with Crippen LogP contribution in [0, 0.1) is 11.3 Å². The minimum atomic E-state index is -4.66. The highest BCUT2D eigenvalue weighted by Crippen LogP contribution is 2.17. The molecule has 0 saturated heterocycles. The van der Waals surface area contributed by atoms with Gasteiger partial charge in [-0.05, 0) is 0 Å². The van der Waals surface area contributed by atoms with Crippen LogP contribution >= 0.6 is 0 Å². The van der Waals surface area contributed by atoms with E-state index in [4.69, 9.17) is 5.26 Å². The van der Waals surface area contributed by atoms with Crippen molar-refractivity contribution in [2.24, 2.45) is 0 Å². The molecule has 0 atom stereocenters. The van der Waals surface area contributed by atoms with Crippen LogP contribution in [0.15, 0.2) is 0 Å². The molecule has 0 radical (unpaired) electrons. The SMILES string of the molecule is N#CCCC[B-](F)(F)F. The summed E-state index contributed by atoms with van der Waals surface area (Å²) in [5, 5.41) is 7.85. The third kappa shape index (κ3) is 7.34. The van der Waals surface area contributed by atoms with E-state index < -0.39 is 13.3 Å². The largest absolute Gasteiger partial charge is 0.478 e. The molecule has 5 heteroatoms. The van der Waals surface area contributed by atoms with Gasteiger partial charge in [-0.1, -0.05) is 12.7 Å². The summed E-state index contributed by atoms with van der Waals surface area (Å²) in [6.07, 6.45) is -0.838. The van der Waals surface area contributed by atoms with Crippen LogP contribution in [0.3, 0.4) is 0 Å². The smallest absolute Gasteiger partial charge is 0.449 e. The summed E-state index contributed by atoms with van der Waals surface area (Å²) in [4.78, 5) is 0. The maximum Gasteiger partial charge on any atom is 0.478 e. The Morgan fingerprint density at radius 1 is 1.33 bits per heavy atom. The topological polar surface area (TPSA) is 23.8 Å². The van der Waals surface area contributed by atoms with Crippen molar-refractivity contribution in [3.05, 3.63) is 0 Å². The molecule has 0 spiro atoms. The van der Waals surface area contributed by atoms with Crippen LogP contribution in [0.1, 0.15) is 12.8 Å². The van der Waals surface area contributed by atoms with Crippen LogP contribution in [0.25, 0.3) is 0 Å². The molecule has 0 saturated carbocycles. The lowest BCUT2D eigenvalue weighted by molar-refractivity contribution is 0.464. The number of hydrogen-bond donors (Lipinski definition) is 0. The molecule has 0 heterocycles. The molecule has 0 N–H and O–H groups in total. The molecule has 0 unspecified atom stereocenters. The molecule has 0 rings (SSSR count). The lowest BCUT2D eigenvalue weighted by atomic mass is 9.84. The highest BCUT2D eigenvalue weighted by molar-refractivity contribution is 6.58. The predicted octanol–water partition coefficient (Wildman–Crippen LogP) is 2.14. The van der Waals surface area contributed by atoms with E-state index in [1.165, 1.54) is 0 Å². The zero-order valence-electron chi connectivity index (χ0n) is 4.78. The Morgan fingerprint density at radius 3 is 2.22 bits per heavy atom. The zero-order valence-corrected chi connectivity index (χ0v) is 4.78. The van der Waals surface area contributed by atoms with Crippen molar-refractivity contribution in [1.82, 2.24) is 0 Å². The minimum absolute atomic E-state index is 0.00125. The van der Waals surface area contributed by atoms with Crippen molar-refractivity contribution in [2.75, 3.05) is 0 Å². The van der Waals surface area contributed by atoms with Crippen LogP contribution in [0.4, 0.5) is 12.9 Å². The van der Waals surface area contributed by atoms with Crippen LogP contribution in [0.2, 0.25) is 6.32 Å². The van der Waals surface area contributed by atoms with Gasteiger partial charge in [-0.3, -0.25) is 0 Å². The van der Waals surface area contributed by atoms with Crippen molar-refractivity contribution >= 4 is 6.98 Å². The maximum absolute atomic E-state index is 11.3. The predicted molar refractivity (Wildman–Crippen MR) is 28.7 cm³/mol. The molecule has 1 nitrogen and oxygen atoms in total. The van der Waals surface area contributed by atoms with E-state index in [1.807, 2.05) is 0 Å². The molecule has 0 aromatic carbocycles.